The second kappa shape index (κ2) is 8.44. The van der Waals surface area contributed by atoms with E-state index in [1.807, 2.05) is 23.6 Å². The van der Waals surface area contributed by atoms with Crippen LogP contribution in [0.15, 0.2) is 35.7 Å². The average molecular weight is 402 g/mol. The smallest absolute Gasteiger partial charge is 0.243 e. The summed E-state index contributed by atoms with van der Waals surface area (Å²) in [6.07, 6.45) is 3.78. The van der Waals surface area contributed by atoms with Crippen molar-refractivity contribution in [1.82, 2.24) is 15.2 Å². The summed E-state index contributed by atoms with van der Waals surface area (Å²) in [4.78, 5) is 31.5. The Balaban J connectivity index is 1.28. The van der Waals surface area contributed by atoms with Crippen molar-refractivity contribution >= 4 is 34.9 Å². The molecule has 0 radical (unpaired) electrons. The summed E-state index contributed by atoms with van der Waals surface area (Å²) >= 11 is 3.29. The molecule has 2 aliphatic rings. The fourth-order valence-electron chi connectivity index (χ4n) is 3.33. The lowest BCUT2D eigenvalue weighted by atomic mass is 9.84. The summed E-state index contributed by atoms with van der Waals surface area (Å²) in [6, 6.07) is 9.79. The highest BCUT2D eigenvalue weighted by atomic mass is 32.2. The van der Waals surface area contributed by atoms with Crippen LogP contribution in [0, 0.1) is 5.92 Å². The standard InChI is InChI=1S/C20H23N3O2S2/c24-18(17-12-26-13-23(17)20(25)15-7-4-8-15)21-10-9-16-11-27-19(22-16)14-5-2-1-3-6-14/h1-3,5-6,11,15,17H,4,7-10,12-13H2,(H,21,24). The van der Waals surface area contributed by atoms with Crippen LogP contribution in [-0.4, -0.2) is 45.9 Å². The fraction of sp³-hybridized carbons (Fsp3) is 0.450. The Bertz CT molecular complexity index is 805. The van der Waals surface area contributed by atoms with Crippen molar-refractivity contribution < 1.29 is 9.59 Å². The molecule has 0 spiro atoms. The van der Waals surface area contributed by atoms with E-state index in [1.165, 1.54) is 0 Å². The van der Waals surface area contributed by atoms with Crippen LogP contribution in [0.3, 0.4) is 0 Å². The molecule has 1 aliphatic carbocycles. The van der Waals surface area contributed by atoms with Gasteiger partial charge in [0.1, 0.15) is 11.0 Å². The van der Waals surface area contributed by atoms with Gasteiger partial charge in [-0.05, 0) is 12.8 Å². The molecule has 1 N–H and O–H groups in total. The SMILES string of the molecule is O=C(NCCc1csc(-c2ccccc2)n1)C1CSCN1C(=O)C1CCC1. The molecule has 27 heavy (non-hydrogen) atoms. The normalized spacial score (nSPS) is 19.7. The number of benzene rings is 1. The van der Waals surface area contributed by atoms with Crippen LogP contribution in [0.5, 0.6) is 0 Å². The lowest BCUT2D eigenvalue weighted by molar-refractivity contribution is -0.143. The van der Waals surface area contributed by atoms with Gasteiger partial charge < -0.3 is 10.2 Å². The zero-order chi connectivity index (χ0) is 18.6. The Labute approximate surface area is 167 Å². The molecule has 4 rings (SSSR count). The maximum atomic E-state index is 12.6. The average Bonchev–Trinajstić information content (AvgIpc) is 3.30. The van der Waals surface area contributed by atoms with Crippen molar-refractivity contribution in [3.05, 3.63) is 41.4 Å². The molecule has 7 heteroatoms. The number of rotatable bonds is 6. The van der Waals surface area contributed by atoms with E-state index in [1.54, 1.807) is 28.0 Å². The lowest BCUT2D eigenvalue weighted by Gasteiger charge is -2.31. The molecule has 1 saturated heterocycles. The van der Waals surface area contributed by atoms with E-state index < -0.39 is 0 Å². The predicted molar refractivity (Wildman–Crippen MR) is 110 cm³/mol. The third kappa shape index (κ3) is 4.19. The Hall–Kier alpha value is -1.86. The van der Waals surface area contributed by atoms with Gasteiger partial charge in [-0.15, -0.1) is 23.1 Å². The molecule has 1 atom stereocenters. The minimum Gasteiger partial charge on any atom is -0.354 e. The van der Waals surface area contributed by atoms with Crippen LogP contribution in [0.1, 0.15) is 25.0 Å². The van der Waals surface area contributed by atoms with Crippen LogP contribution in [0.2, 0.25) is 0 Å². The summed E-state index contributed by atoms with van der Waals surface area (Å²) in [7, 11) is 0. The maximum absolute atomic E-state index is 12.6. The van der Waals surface area contributed by atoms with E-state index in [4.69, 9.17) is 0 Å². The van der Waals surface area contributed by atoms with Crippen molar-refractivity contribution in [2.45, 2.75) is 31.7 Å². The molecular weight excluding hydrogens is 378 g/mol. The van der Waals surface area contributed by atoms with Crippen molar-refractivity contribution in [2.24, 2.45) is 5.92 Å². The number of hydrogen-bond donors (Lipinski definition) is 1. The first-order chi connectivity index (χ1) is 13.2. The van der Waals surface area contributed by atoms with Crippen LogP contribution < -0.4 is 5.32 Å². The Morgan fingerprint density at radius 1 is 1.22 bits per heavy atom. The summed E-state index contributed by atoms with van der Waals surface area (Å²) < 4.78 is 0. The topological polar surface area (TPSA) is 62.3 Å². The Morgan fingerprint density at radius 3 is 2.78 bits per heavy atom. The third-order valence-electron chi connectivity index (χ3n) is 5.18. The van der Waals surface area contributed by atoms with E-state index in [2.05, 4.69) is 22.4 Å². The molecule has 2 fully saturated rings. The number of hydrogen-bond acceptors (Lipinski definition) is 5. The molecule has 1 aromatic heterocycles. The van der Waals surface area contributed by atoms with Crippen LogP contribution in [-0.2, 0) is 16.0 Å². The van der Waals surface area contributed by atoms with Gasteiger partial charge >= 0.3 is 0 Å². The van der Waals surface area contributed by atoms with Crippen molar-refractivity contribution in [3.8, 4) is 10.6 Å². The molecule has 1 aromatic carbocycles. The molecule has 2 heterocycles. The highest BCUT2D eigenvalue weighted by Gasteiger charge is 2.39. The van der Waals surface area contributed by atoms with E-state index in [-0.39, 0.29) is 23.8 Å². The molecule has 5 nitrogen and oxygen atoms in total. The van der Waals surface area contributed by atoms with E-state index in [9.17, 15) is 9.59 Å². The summed E-state index contributed by atoms with van der Waals surface area (Å²) in [6.45, 7) is 0.545. The lowest BCUT2D eigenvalue weighted by Crippen LogP contribution is -2.50. The fourth-order valence-corrected chi connectivity index (χ4v) is 5.36. The number of thioether (sulfide) groups is 1. The minimum atomic E-state index is -0.321. The number of nitrogens with one attached hydrogen (secondary N) is 1. The molecule has 0 bridgehead atoms. The van der Waals surface area contributed by atoms with Crippen molar-refractivity contribution in [2.75, 3.05) is 18.2 Å². The van der Waals surface area contributed by atoms with E-state index in [0.717, 1.165) is 35.5 Å². The van der Waals surface area contributed by atoms with Gasteiger partial charge in [-0.1, -0.05) is 36.8 Å². The minimum absolute atomic E-state index is 0.0359. The highest BCUT2D eigenvalue weighted by Crippen LogP contribution is 2.32. The van der Waals surface area contributed by atoms with Gasteiger partial charge in [0.2, 0.25) is 11.8 Å². The van der Waals surface area contributed by atoms with Crippen LogP contribution in [0.25, 0.3) is 10.6 Å². The highest BCUT2D eigenvalue weighted by molar-refractivity contribution is 7.99. The van der Waals surface area contributed by atoms with Gasteiger partial charge in [-0.2, -0.15) is 0 Å². The number of amides is 2. The number of nitrogens with zero attached hydrogens (tertiary/aromatic N) is 2. The van der Waals surface area contributed by atoms with Gasteiger partial charge in [-0.25, -0.2) is 4.98 Å². The zero-order valence-corrected chi connectivity index (χ0v) is 16.7. The van der Waals surface area contributed by atoms with Gasteiger partial charge in [-0.3, -0.25) is 9.59 Å². The van der Waals surface area contributed by atoms with Gasteiger partial charge in [0.05, 0.1) is 11.6 Å². The molecule has 142 valence electrons. The first-order valence-electron chi connectivity index (χ1n) is 9.38. The molecule has 2 aromatic rings. The van der Waals surface area contributed by atoms with Crippen LogP contribution in [0.4, 0.5) is 0 Å². The quantitative estimate of drug-likeness (QED) is 0.808. The third-order valence-corrected chi connectivity index (χ3v) is 7.13. The first-order valence-corrected chi connectivity index (χ1v) is 11.4. The zero-order valence-electron chi connectivity index (χ0n) is 15.1. The Morgan fingerprint density at radius 2 is 2.04 bits per heavy atom. The second-order valence-corrected chi connectivity index (χ2v) is 8.86. The van der Waals surface area contributed by atoms with Gasteiger partial charge in [0, 0.05) is 35.6 Å². The monoisotopic (exact) mass is 401 g/mol. The number of thiazole rings is 1. The predicted octanol–water partition coefficient (Wildman–Crippen LogP) is 3.17. The molecular formula is C20H23N3O2S2. The van der Waals surface area contributed by atoms with Crippen molar-refractivity contribution in [1.29, 1.82) is 0 Å². The first kappa shape index (κ1) is 18.5. The summed E-state index contributed by atoms with van der Waals surface area (Å²) in [5.41, 5.74) is 2.10. The maximum Gasteiger partial charge on any atom is 0.243 e. The van der Waals surface area contributed by atoms with Gasteiger partial charge in [0.25, 0.3) is 0 Å². The van der Waals surface area contributed by atoms with E-state index in [0.29, 0.717) is 24.6 Å². The summed E-state index contributed by atoms with van der Waals surface area (Å²) in [5.74, 6) is 1.61. The Kier molecular flexibility index (Phi) is 5.78. The molecule has 2 amide bonds. The second-order valence-electron chi connectivity index (χ2n) is 7.00. The summed E-state index contributed by atoms with van der Waals surface area (Å²) in [5, 5.41) is 6.05. The molecule has 1 unspecified atom stereocenters. The molecule has 1 aliphatic heterocycles. The molecule has 1 saturated carbocycles. The van der Waals surface area contributed by atoms with Crippen LogP contribution >= 0.6 is 23.1 Å². The van der Waals surface area contributed by atoms with E-state index >= 15 is 0 Å². The van der Waals surface area contributed by atoms with Gasteiger partial charge in [0.15, 0.2) is 0 Å². The number of carbonyl (C=O) groups excluding carboxylic acids is 2. The number of carbonyl (C=O) groups is 2. The van der Waals surface area contributed by atoms with Crippen molar-refractivity contribution in [3.63, 3.8) is 0 Å². The largest absolute Gasteiger partial charge is 0.354 e. The number of aromatic nitrogens is 1.